The van der Waals surface area contributed by atoms with E-state index in [1.54, 1.807) is 61.5 Å². The number of fused-ring (bicyclic) bond motifs is 2. The number of aromatic nitrogens is 2. The molecule has 10 heteroatoms. The van der Waals surface area contributed by atoms with Crippen molar-refractivity contribution in [3.8, 4) is 0 Å². The number of nitrogens with zero attached hydrogens (tertiary/aromatic N) is 4. The highest BCUT2D eigenvalue weighted by atomic mass is 16.2. The fourth-order valence-electron chi connectivity index (χ4n) is 4.35. The third-order valence-corrected chi connectivity index (χ3v) is 6.63. The number of aryl methyl sites for hydroxylation is 1. The smallest absolute Gasteiger partial charge is 0.260 e. The molecular formula is C30H29N7O3. The summed E-state index contributed by atoms with van der Waals surface area (Å²) in [5, 5.41) is 8.82. The Morgan fingerprint density at radius 3 is 2.17 bits per heavy atom. The number of carbonyl (C=O) groups excluding carboxylic acids is 3. The predicted octanol–water partition coefficient (Wildman–Crippen LogP) is 5.49. The molecule has 202 valence electrons. The first-order valence-electron chi connectivity index (χ1n) is 12.8. The number of carbonyl (C=O) groups is 3. The molecule has 0 fully saturated rings. The number of rotatable bonds is 6. The Bertz CT molecular complexity index is 1600. The highest BCUT2D eigenvalue weighted by molar-refractivity contribution is 6.13. The molecule has 0 saturated carbocycles. The van der Waals surface area contributed by atoms with Crippen molar-refractivity contribution in [2.45, 2.75) is 20.3 Å². The summed E-state index contributed by atoms with van der Waals surface area (Å²) in [5.74, 6) is 0.497. The molecule has 2 heterocycles. The monoisotopic (exact) mass is 535 g/mol. The molecule has 1 aliphatic heterocycles. The van der Waals surface area contributed by atoms with Gasteiger partial charge in [-0.15, -0.1) is 0 Å². The second-order valence-electron chi connectivity index (χ2n) is 9.48. The molecule has 3 aromatic carbocycles. The average Bonchev–Trinajstić information content (AvgIpc) is 3.03. The van der Waals surface area contributed by atoms with E-state index in [9.17, 15) is 14.4 Å². The number of anilines is 7. The van der Waals surface area contributed by atoms with Crippen LogP contribution in [-0.2, 0) is 4.79 Å². The van der Waals surface area contributed by atoms with Crippen LogP contribution in [0.4, 0.5) is 40.2 Å². The fourth-order valence-corrected chi connectivity index (χ4v) is 4.35. The lowest BCUT2D eigenvalue weighted by molar-refractivity contribution is -0.115. The van der Waals surface area contributed by atoms with Crippen molar-refractivity contribution in [1.82, 2.24) is 9.97 Å². The maximum atomic E-state index is 13.1. The van der Waals surface area contributed by atoms with E-state index in [1.807, 2.05) is 49.2 Å². The van der Waals surface area contributed by atoms with Crippen molar-refractivity contribution in [1.29, 1.82) is 0 Å². The van der Waals surface area contributed by atoms with Crippen molar-refractivity contribution in [3.05, 3.63) is 89.6 Å². The number of nitrogens with one attached hydrogen (secondary N) is 3. The van der Waals surface area contributed by atoms with Crippen LogP contribution in [0.3, 0.4) is 0 Å². The van der Waals surface area contributed by atoms with Crippen molar-refractivity contribution in [3.63, 3.8) is 0 Å². The minimum atomic E-state index is -0.264. The maximum Gasteiger partial charge on any atom is 0.260 e. The second kappa shape index (κ2) is 10.9. The van der Waals surface area contributed by atoms with Crippen LogP contribution >= 0.6 is 0 Å². The summed E-state index contributed by atoms with van der Waals surface area (Å²) in [6.07, 6.45) is 2.01. The van der Waals surface area contributed by atoms with Gasteiger partial charge in [0.25, 0.3) is 11.8 Å². The van der Waals surface area contributed by atoms with Gasteiger partial charge in [0.1, 0.15) is 5.69 Å². The first kappa shape index (κ1) is 26.4. The molecule has 0 radical (unpaired) electrons. The summed E-state index contributed by atoms with van der Waals surface area (Å²) >= 11 is 0. The summed E-state index contributed by atoms with van der Waals surface area (Å²) in [4.78, 5) is 49.9. The average molecular weight is 536 g/mol. The lowest BCUT2D eigenvalue weighted by Gasteiger charge is -2.21. The minimum absolute atomic E-state index is 0.0861. The summed E-state index contributed by atoms with van der Waals surface area (Å²) in [5.41, 5.74) is 5.44. The topological polar surface area (TPSA) is 120 Å². The quantitative estimate of drug-likeness (QED) is 0.299. The van der Waals surface area contributed by atoms with Crippen LogP contribution in [0.2, 0.25) is 0 Å². The van der Waals surface area contributed by atoms with Crippen molar-refractivity contribution >= 4 is 57.9 Å². The van der Waals surface area contributed by atoms with Gasteiger partial charge in [0.2, 0.25) is 11.9 Å². The van der Waals surface area contributed by atoms with Gasteiger partial charge < -0.3 is 25.8 Å². The Hall–Kier alpha value is -5.25. The van der Waals surface area contributed by atoms with Crippen LogP contribution in [0.5, 0.6) is 0 Å². The zero-order valence-corrected chi connectivity index (χ0v) is 22.6. The van der Waals surface area contributed by atoms with Gasteiger partial charge in [-0.25, -0.2) is 4.98 Å². The molecule has 5 rings (SSSR count). The standard InChI is InChI=1S/C30H29N7O3/c1-5-26(38)32-20-9-7-19(8-10-20)28(39)33-21-11-13-22(14-12-21)34-30-31-17-25-27(35-30)36(3)24-15-6-18(2)16-23(24)29(40)37(25)4/h6-17H,5H2,1-4H3,(H,32,38)(H,33,39)(H,31,34,35). The van der Waals surface area contributed by atoms with Gasteiger partial charge in [-0.1, -0.05) is 18.6 Å². The fraction of sp³-hybridized carbons (Fsp3) is 0.167. The number of benzene rings is 3. The van der Waals surface area contributed by atoms with Gasteiger partial charge in [0, 0.05) is 43.1 Å². The van der Waals surface area contributed by atoms with Gasteiger partial charge in [0.05, 0.1) is 17.4 Å². The highest BCUT2D eigenvalue weighted by Gasteiger charge is 2.29. The van der Waals surface area contributed by atoms with Gasteiger partial charge >= 0.3 is 0 Å². The second-order valence-corrected chi connectivity index (χ2v) is 9.48. The Labute approximate surface area is 232 Å². The molecule has 3 amide bonds. The first-order chi connectivity index (χ1) is 19.2. The predicted molar refractivity (Wildman–Crippen MR) is 157 cm³/mol. The van der Waals surface area contributed by atoms with Gasteiger partial charge in [-0.05, 0) is 67.6 Å². The third kappa shape index (κ3) is 5.32. The maximum absolute atomic E-state index is 13.1. The molecule has 10 nitrogen and oxygen atoms in total. The van der Waals surface area contributed by atoms with Crippen LogP contribution < -0.4 is 25.8 Å². The van der Waals surface area contributed by atoms with E-state index >= 15 is 0 Å². The Morgan fingerprint density at radius 1 is 0.825 bits per heavy atom. The van der Waals surface area contributed by atoms with E-state index in [0.29, 0.717) is 46.4 Å². The van der Waals surface area contributed by atoms with E-state index < -0.39 is 0 Å². The zero-order valence-electron chi connectivity index (χ0n) is 22.6. The van der Waals surface area contributed by atoms with Gasteiger partial charge in [-0.3, -0.25) is 14.4 Å². The molecule has 1 aliphatic rings. The summed E-state index contributed by atoms with van der Waals surface area (Å²) in [6.45, 7) is 3.73. The Balaban J connectivity index is 1.29. The normalized spacial score (nSPS) is 12.2. The van der Waals surface area contributed by atoms with Crippen molar-refractivity contribution < 1.29 is 14.4 Å². The molecule has 0 atom stereocenters. The molecule has 0 saturated heterocycles. The zero-order chi connectivity index (χ0) is 28.4. The molecule has 0 aliphatic carbocycles. The van der Waals surface area contributed by atoms with Crippen LogP contribution in [0, 0.1) is 6.92 Å². The third-order valence-electron chi connectivity index (χ3n) is 6.63. The molecule has 4 aromatic rings. The molecule has 1 aromatic heterocycles. The lowest BCUT2D eigenvalue weighted by atomic mass is 10.1. The highest BCUT2D eigenvalue weighted by Crippen LogP contribution is 2.38. The van der Waals surface area contributed by atoms with Gasteiger partial charge in [-0.2, -0.15) is 4.98 Å². The lowest BCUT2D eigenvalue weighted by Crippen LogP contribution is -2.25. The molecule has 3 N–H and O–H groups in total. The van der Waals surface area contributed by atoms with Gasteiger partial charge in [0.15, 0.2) is 5.82 Å². The Morgan fingerprint density at radius 2 is 1.48 bits per heavy atom. The van der Waals surface area contributed by atoms with Crippen LogP contribution in [-0.4, -0.2) is 41.8 Å². The largest absolute Gasteiger partial charge is 0.327 e. The number of hydrogen-bond acceptors (Lipinski definition) is 7. The van der Waals surface area contributed by atoms with E-state index in [0.717, 1.165) is 16.9 Å². The number of hydrogen-bond donors (Lipinski definition) is 3. The van der Waals surface area contributed by atoms with Crippen LogP contribution in [0.15, 0.2) is 72.9 Å². The SMILES string of the molecule is CCC(=O)Nc1ccc(C(=O)Nc2ccc(Nc3ncc4c(n3)N(C)c3ccc(C)cc3C(=O)N4C)cc2)cc1. The Kier molecular flexibility index (Phi) is 7.15. The molecular weight excluding hydrogens is 506 g/mol. The van der Waals surface area contributed by atoms with E-state index in [4.69, 9.17) is 4.98 Å². The van der Waals surface area contributed by atoms with Crippen LogP contribution in [0.25, 0.3) is 0 Å². The van der Waals surface area contributed by atoms with Crippen LogP contribution in [0.1, 0.15) is 39.6 Å². The van der Waals surface area contributed by atoms with E-state index in [-0.39, 0.29) is 17.7 Å². The molecule has 0 spiro atoms. The first-order valence-corrected chi connectivity index (χ1v) is 12.8. The molecule has 0 bridgehead atoms. The summed E-state index contributed by atoms with van der Waals surface area (Å²) in [7, 11) is 3.59. The van der Waals surface area contributed by atoms with Crippen molar-refractivity contribution in [2.75, 3.05) is 39.8 Å². The van der Waals surface area contributed by atoms with E-state index in [1.165, 1.54) is 0 Å². The summed E-state index contributed by atoms with van der Waals surface area (Å²) < 4.78 is 0. The molecule has 0 unspecified atom stereocenters. The molecule has 40 heavy (non-hydrogen) atoms. The van der Waals surface area contributed by atoms with Crippen molar-refractivity contribution in [2.24, 2.45) is 0 Å². The minimum Gasteiger partial charge on any atom is -0.327 e. The number of amides is 3. The van der Waals surface area contributed by atoms with E-state index in [2.05, 4.69) is 20.9 Å². The summed E-state index contributed by atoms with van der Waals surface area (Å²) in [6, 6.07) is 19.7.